The Bertz CT molecular complexity index is 471. The highest BCUT2D eigenvalue weighted by Gasteiger charge is 1.92. The molecule has 0 aromatic carbocycles. The normalized spacial score (nSPS) is 12.8. The van der Waals surface area contributed by atoms with Crippen molar-refractivity contribution < 1.29 is 14.6 Å². The van der Waals surface area contributed by atoms with Crippen molar-refractivity contribution in [3.8, 4) is 0 Å². The highest BCUT2D eigenvalue weighted by atomic mass is 35.5. The highest BCUT2D eigenvalue weighted by Crippen LogP contribution is 2.08. The van der Waals surface area contributed by atoms with Gasteiger partial charge in [0.05, 0.1) is 6.26 Å². The minimum absolute atomic E-state index is 0.0883. The Kier molecular flexibility index (Phi) is 14.9. The van der Waals surface area contributed by atoms with E-state index in [4.69, 9.17) is 21.4 Å². The van der Waals surface area contributed by atoms with E-state index in [2.05, 4.69) is 37.0 Å². The number of carboxylic acids is 1. The number of hydrogen-bond donors (Lipinski definition) is 1. The molecule has 0 rings (SSSR count). The Morgan fingerprint density at radius 1 is 1.00 bits per heavy atom. The lowest BCUT2D eigenvalue weighted by molar-refractivity contribution is -0.136. The van der Waals surface area contributed by atoms with Gasteiger partial charge in [0.15, 0.2) is 5.22 Å². The summed E-state index contributed by atoms with van der Waals surface area (Å²) in [6, 6.07) is 0. The molecule has 0 atom stereocenters. The van der Waals surface area contributed by atoms with Gasteiger partial charge in [0.25, 0.3) is 0 Å². The standard InChI is InChI=1S/C19H25ClO3/c1-2-3-4-5-6-7-8-9-10-11-12-15-18(20)23-17-14-13-16-19(21)22/h2-4,6-7,9-10,14-15,17H,1,5,8,11-13,16H2,(H,21,22). The van der Waals surface area contributed by atoms with E-state index in [0.717, 1.165) is 25.7 Å². The van der Waals surface area contributed by atoms with Gasteiger partial charge >= 0.3 is 5.97 Å². The molecule has 4 heteroatoms. The first-order valence-electron chi connectivity index (χ1n) is 7.63. The third-order valence-corrected chi connectivity index (χ3v) is 2.83. The fourth-order valence-corrected chi connectivity index (χ4v) is 1.63. The molecule has 0 aromatic rings. The molecule has 0 spiro atoms. The Morgan fingerprint density at radius 3 is 2.39 bits per heavy atom. The summed E-state index contributed by atoms with van der Waals surface area (Å²) in [7, 11) is 0. The van der Waals surface area contributed by atoms with Gasteiger partial charge in [0.1, 0.15) is 0 Å². The summed E-state index contributed by atoms with van der Waals surface area (Å²) in [5, 5.41) is 8.77. The second-order valence-corrected chi connectivity index (χ2v) is 4.96. The number of rotatable bonds is 13. The van der Waals surface area contributed by atoms with Gasteiger partial charge in [0.2, 0.25) is 0 Å². The Hall–Kier alpha value is -2.00. The van der Waals surface area contributed by atoms with Crippen LogP contribution in [0, 0.1) is 0 Å². The van der Waals surface area contributed by atoms with Crippen molar-refractivity contribution in [1.29, 1.82) is 0 Å². The van der Waals surface area contributed by atoms with Gasteiger partial charge in [-0.1, -0.05) is 49.1 Å². The van der Waals surface area contributed by atoms with E-state index >= 15 is 0 Å². The lowest BCUT2D eigenvalue weighted by atomic mass is 10.2. The molecule has 0 aliphatic carbocycles. The molecular weight excluding hydrogens is 312 g/mol. The van der Waals surface area contributed by atoms with Crippen LogP contribution in [0.1, 0.15) is 38.5 Å². The first kappa shape index (κ1) is 21.0. The number of halogens is 1. The Balaban J connectivity index is 3.67. The van der Waals surface area contributed by atoms with Gasteiger partial charge in [-0.25, -0.2) is 0 Å². The average molecular weight is 337 g/mol. The van der Waals surface area contributed by atoms with Crippen LogP contribution in [0.25, 0.3) is 0 Å². The number of allylic oxidation sites excluding steroid dienone is 9. The summed E-state index contributed by atoms with van der Waals surface area (Å²) in [6.07, 6.45) is 23.1. The fraction of sp³-hybridized carbons (Fsp3) is 0.316. The number of carbonyl (C=O) groups is 1. The molecular formula is C19H25ClO3. The third-order valence-electron chi connectivity index (χ3n) is 2.59. The van der Waals surface area contributed by atoms with Crippen LogP contribution in [0.4, 0.5) is 0 Å². The summed E-state index contributed by atoms with van der Waals surface area (Å²) in [5.74, 6) is -0.828. The maximum absolute atomic E-state index is 10.3. The molecule has 0 aromatic heterocycles. The van der Waals surface area contributed by atoms with Crippen molar-refractivity contribution in [3.63, 3.8) is 0 Å². The molecule has 0 aliphatic rings. The van der Waals surface area contributed by atoms with Crippen LogP contribution in [-0.2, 0) is 9.53 Å². The SMILES string of the molecule is C=CC=CCC=CCC=CCCC=C(Cl)OC=CCCC(=O)O. The zero-order valence-electron chi connectivity index (χ0n) is 13.4. The summed E-state index contributed by atoms with van der Waals surface area (Å²) >= 11 is 5.87. The van der Waals surface area contributed by atoms with Crippen LogP contribution in [0.5, 0.6) is 0 Å². The van der Waals surface area contributed by atoms with Gasteiger partial charge in [-0.05, 0) is 55.9 Å². The molecule has 3 nitrogen and oxygen atoms in total. The molecule has 0 unspecified atom stereocenters. The molecule has 0 saturated heterocycles. The Morgan fingerprint density at radius 2 is 1.70 bits per heavy atom. The Labute approximate surface area is 144 Å². The molecule has 0 bridgehead atoms. The van der Waals surface area contributed by atoms with E-state index in [0.29, 0.717) is 11.6 Å². The molecule has 23 heavy (non-hydrogen) atoms. The van der Waals surface area contributed by atoms with Crippen molar-refractivity contribution in [1.82, 2.24) is 0 Å². The lowest BCUT2D eigenvalue weighted by Crippen LogP contribution is -1.91. The minimum atomic E-state index is -0.828. The van der Waals surface area contributed by atoms with E-state index in [9.17, 15) is 4.79 Å². The quantitative estimate of drug-likeness (QED) is 0.198. The van der Waals surface area contributed by atoms with Crippen molar-refractivity contribution in [2.75, 3.05) is 0 Å². The molecule has 126 valence electrons. The van der Waals surface area contributed by atoms with E-state index in [1.165, 1.54) is 6.26 Å². The van der Waals surface area contributed by atoms with E-state index < -0.39 is 5.97 Å². The van der Waals surface area contributed by atoms with Gasteiger partial charge in [-0.3, -0.25) is 4.79 Å². The first-order valence-corrected chi connectivity index (χ1v) is 8.01. The summed E-state index contributed by atoms with van der Waals surface area (Å²) in [6.45, 7) is 3.61. The zero-order chi connectivity index (χ0) is 17.2. The van der Waals surface area contributed by atoms with Gasteiger partial charge in [-0.2, -0.15) is 0 Å². The maximum atomic E-state index is 10.3. The number of carboxylic acid groups (broad SMARTS) is 1. The highest BCUT2D eigenvalue weighted by molar-refractivity contribution is 6.28. The van der Waals surface area contributed by atoms with Crippen LogP contribution in [0.15, 0.2) is 72.7 Å². The predicted octanol–water partition coefficient (Wildman–Crippen LogP) is 5.88. The van der Waals surface area contributed by atoms with Gasteiger partial charge < -0.3 is 9.84 Å². The van der Waals surface area contributed by atoms with Crippen molar-refractivity contribution >= 4 is 17.6 Å². The maximum Gasteiger partial charge on any atom is 0.303 e. The van der Waals surface area contributed by atoms with Crippen LogP contribution in [0.2, 0.25) is 0 Å². The monoisotopic (exact) mass is 336 g/mol. The topological polar surface area (TPSA) is 46.5 Å². The van der Waals surface area contributed by atoms with E-state index in [1.54, 1.807) is 18.2 Å². The number of aliphatic carboxylic acids is 1. The molecule has 1 N–H and O–H groups in total. The molecule has 0 aliphatic heterocycles. The van der Waals surface area contributed by atoms with Crippen LogP contribution in [-0.4, -0.2) is 11.1 Å². The van der Waals surface area contributed by atoms with Gasteiger partial charge in [0, 0.05) is 6.42 Å². The second-order valence-electron chi connectivity index (χ2n) is 4.59. The summed E-state index contributed by atoms with van der Waals surface area (Å²) in [5.41, 5.74) is 0. The number of unbranched alkanes of at least 4 members (excludes halogenated alkanes) is 1. The molecule has 0 amide bonds. The minimum Gasteiger partial charge on any atom is -0.481 e. The molecule has 0 saturated carbocycles. The van der Waals surface area contributed by atoms with Crippen LogP contribution >= 0.6 is 11.6 Å². The van der Waals surface area contributed by atoms with Crippen LogP contribution in [0.3, 0.4) is 0 Å². The summed E-state index contributed by atoms with van der Waals surface area (Å²) < 4.78 is 5.12. The van der Waals surface area contributed by atoms with Crippen LogP contribution < -0.4 is 0 Å². The van der Waals surface area contributed by atoms with E-state index in [1.807, 2.05) is 6.08 Å². The molecule has 0 radical (unpaired) electrons. The summed E-state index contributed by atoms with van der Waals surface area (Å²) in [4.78, 5) is 10.3. The molecule has 0 heterocycles. The smallest absolute Gasteiger partial charge is 0.303 e. The molecule has 0 fully saturated rings. The number of hydrogen-bond acceptors (Lipinski definition) is 2. The zero-order valence-corrected chi connectivity index (χ0v) is 14.1. The van der Waals surface area contributed by atoms with Crippen molar-refractivity contribution in [2.45, 2.75) is 38.5 Å². The van der Waals surface area contributed by atoms with E-state index in [-0.39, 0.29) is 6.42 Å². The average Bonchev–Trinajstić information content (AvgIpc) is 2.52. The van der Waals surface area contributed by atoms with Crippen molar-refractivity contribution in [3.05, 3.63) is 72.7 Å². The first-order chi connectivity index (χ1) is 11.2. The second kappa shape index (κ2) is 16.4. The van der Waals surface area contributed by atoms with Crippen molar-refractivity contribution in [2.24, 2.45) is 0 Å². The van der Waals surface area contributed by atoms with Gasteiger partial charge in [-0.15, -0.1) is 0 Å². The third kappa shape index (κ3) is 18.0. The fourth-order valence-electron chi connectivity index (χ4n) is 1.47. The number of ether oxygens (including phenoxy) is 1. The largest absolute Gasteiger partial charge is 0.481 e. The lowest BCUT2D eigenvalue weighted by Gasteiger charge is -1.96. The predicted molar refractivity (Wildman–Crippen MR) is 97.1 cm³/mol.